The highest BCUT2D eigenvalue weighted by molar-refractivity contribution is 5.83. The Kier molecular flexibility index (Phi) is 8.66. The molecule has 8 nitrogen and oxygen atoms in total. The molecule has 0 spiro atoms. The Morgan fingerprint density at radius 3 is 2.47 bits per heavy atom. The second kappa shape index (κ2) is 13.5. The van der Waals surface area contributed by atoms with Crippen molar-refractivity contribution in [3.05, 3.63) is 148 Å². The van der Waals surface area contributed by atoms with Crippen molar-refractivity contribution >= 4 is 16.9 Å². The molecule has 3 heterocycles. The molecular formula is C39H38N6O2. The van der Waals surface area contributed by atoms with E-state index in [9.17, 15) is 9.59 Å². The van der Waals surface area contributed by atoms with E-state index in [4.69, 9.17) is 10.7 Å². The van der Waals surface area contributed by atoms with Gasteiger partial charge in [-0.15, -0.1) is 0 Å². The van der Waals surface area contributed by atoms with Crippen LogP contribution in [0.5, 0.6) is 0 Å². The van der Waals surface area contributed by atoms with E-state index in [0.29, 0.717) is 24.2 Å². The van der Waals surface area contributed by atoms with E-state index >= 15 is 0 Å². The number of aromatic amines is 2. The Morgan fingerprint density at radius 1 is 0.915 bits per heavy atom. The summed E-state index contributed by atoms with van der Waals surface area (Å²) in [6, 6.07) is 26.2. The third-order valence-electron chi connectivity index (χ3n) is 9.16. The van der Waals surface area contributed by atoms with Crippen molar-refractivity contribution in [2.45, 2.75) is 38.3 Å². The van der Waals surface area contributed by atoms with E-state index in [1.54, 1.807) is 4.90 Å². The Hall–Kier alpha value is -5.47. The molecule has 7 rings (SSSR count). The number of likely N-dealkylation sites (tertiary alicyclic amines) is 1. The molecule has 47 heavy (non-hydrogen) atoms. The first-order valence-corrected chi connectivity index (χ1v) is 16.2. The van der Waals surface area contributed by atoms with Crippen LogP contribution in [-0.2, 0) is 13.0 Å². The van der Waals surface area contributed by atoms with Gasteiger partial charge in [0.1, 0.15) is 5.69 Å². The maximum absolute atomic E-state index is 13.4. The smallest absolute Gasteiger partial charge is 0.319 e. The van der Waals surface area contributed by atoms with Gasteiger partial charge in [-0.2, -0.15) is 0 Å². The van der Waals surface area contributed by atoms with Crippen molar-refractivity contribution < 1.29 is 4.79 Å². The summed E-state index contributed by atoms with van der Waals surface area (Å²) in [5.74, 6) is 0. The first-order valence-electron chi connectivity index (χ1n) is 16.2. The lowest BCUT2D eigenvalue weighted by Gasteiger charge is -2.38. The van der Waals surface area contributed by atoms with E-state index in [0.717, 1.165) is 71.5 Å². The van der Waals surface area contributed by atoms with Crippen LogP contribution in [0.3, 0.4) is 0 Å². The van der Waals surface area contributed by atoms with Crippen molar-refractivity contribution in [3.63, 3.8) is 0 Å². The number of amides is 2. The largest absolute Gasteiger partial charge is 0.361 e. The highest BCUT2D eigenvalue weighted by Crippen LogP contribution is 2.30. The number of urea groups is 1. The molecule has 2 aromatic heterocycles. The molecule has 236 valence electrons. The third-order valence-corrected chi connectivity index (χ3v) is 9.16. The molecule has 0 atom stereocenters. The standard InChI is InChI=1S/C39H38N6O2/c40-39(47)45(31-12-6-1-2-7-13-31)32-20-22-44(23-21-32)26-27-16-18-29(19-17-27)36-37(28-10-4-3-5-11-28)43-38(46)35(42-36)24-30-25-41-34-15-9-8-14-33(30)34/h1-12,14-19,25,32,41H,13,20-24,26H2,(H2,40,47)(H,43,46). The number of carbonyl (C=O) groups excluding carboxylic acids is 1. The number of aromatic nitrogens is 3. The molecule has 1 fully saturated rings. The van der Waals surface area contributed by atoms with Gasteiger partial charge >= 0.3 is 6.03 Å². The lowest BCUT2D eigenvalue weighted by atomic mass is 10.00. The van der Waals surface area contributed by atoms with Crippen LogP contribution in [0, 0.1) is 0 Å². The summed E-state index contributed by atoms with van der Waals surface area (Å²) in [6.07, 6.45) is 14.8. The van der Waals surface area contributed by atoms with Gasteiger partial charge in [0, 0.05) is 72.4 Å². The van der Waals surface area contributed by atoms with Crippen molar-refractivity contribution in [1.82, 2.24) is 24.8 Å². The van der Waals surface area contributed by atoms with E-state index in [1.807, 2.05) is 79.0 Å². The average molecular weight is 623 g/mol. The van der Waals surface area contributed by atoms with Crippen LogP contribution in [0.4, 0.5) is 4.79 Å². The lowest BCUT2D eigenvalue weighted by molar-refractivity contribution is 0.137. The van der Waals surface area contributed by atoms with Crippen LogP contribution in [-0.4, -0.2) is 49.9 Å². The fourth-order valence-corrected chi connectivity index (χ4v) is 6.75. The topological polar surface area (TPSA) is 111 Å². The van der Waals surface area contributed by atoms with Gasteiger partial charge in [-0.05, 0) is 36.1 Å². The van der Waals surface area contributed by atoms with Gasteiger partial charge in [0.15, 0.2) is 0 Å². The van der Waals surface area contributed by atoms with Crippen molar-refractivity contribution in [2.24, 2.45) is 5.73 Å². The molecule has 5 aromatic rings. The van der Waals surface area contributed by atoms with Crippen molar-refractivity contribution in [3.8, 4) is 22.5 Å². The zero-order valence-corrected chi connectivity index (χ0v) is 26.2. The van der Waals surface area contributed by atoms with Gasteiger partial charge in [-0.25, -0.2) is 9.78 Å². The van der Waals surface area contributed by atoms with Crippen LogP contribution >= 0.6 is 0 Å². The number of nitrogens with two attached hydrogens (primary N) is 1. The fraction of sp³-hybridized carbons (Fsp3) is 0.205. The molecule has 2 aliphatic rings. The quantitative estimate of drug-likeness (QED) is 0.174. The normalized spacial score (nSPS) is 15.4. The van der Waals surface area contributed by atoms with Gasteiger partial charge in [-0.3, -0.25) is 14.6 Å². The number of carbonyl (C=O) groups is 1. The third kappa shape index (κ3) is 6.59. The minimum Gasteiger partial charge on any atom is -0.361 e. The molecule has 0 saturated carbocycles. The molecule has 8 heteroatoms. The first kappa shape index (κ1) is 30.2. The van der Waals surface area contributed by atoms with Crippen molar-refractivity contribution in [2.75, 3.05) is 13.1 Å². The summed E-state index contributed by atoms with van der Waals surface area (Å²) in [4.78, 5) is 41.5. The monoisotopic (exact) mass is 622 g/mol. The van der Waals surface area contributed by atoms with Crippen LogP contribution in [0.1, 0.15) is 36.1 Å². The predicted octanol–water partition coefficient (Wildman–Crippen LogP) is 6.92. The van der Waals surface area contributed by atoms with Crippen molar-refractivity contribution in [1.29, 1.82) is 0 Å². The summed E-state index contributed by atoms with van der Waals surface area (Å²) in [6.45, 7) is 2.58. The van der Waals surface area contributed by atoms with E-state index < -0.39 is 0 Å². The number of hydrogen-bond donors (Lipinski definition) is 3. The molecule has 1 saturated heterocycles. The van der Waals surface area contributed by atoms with Gasteiger partial charge in [0.2, 0.25) is 0 Å². The fourth-order valence-electron chi connectivity index (χ4n) is 6.75. The van der Waals surface area contributed by atoms with Crippen LogP contribution in [0.2, 0.25) is 0 Å². The molecule has 1 aliphatic carbocycles. The second-order valence-electron chi connectivity index (χ2n) is 12.2. The molecular weight excluding hydrogens is 584 g/mol. The van der Waals surface area contributed by atoms with E-state index in [-0.39, 0.29) is 17.6 Å². The van der Waals surface area contributed by atoms with Crippen LogP contribution in [0.15, 0.2) is 126 Å². The minimum absolute atomic E-state index is 0.0958. The number of primary amides is 1. The maximum atomic E-state index is 13.4. The molecule has 4 N–H and O–H groups in total. The Balaban J connectivity index is 1.10. The number of fused-ring (bicyclic) bond motifs is 1. The Labute approximate surface area is 274 Å². The summed E-state index contributed by atoms with van der Waals surface area (Å²) in [5, 5.41) is 1.09. The van der Waals surface area contributed by atoms with Gasteiger partial charge in [0.25, 0.3) is 5.56 Å². The number of nitrogens with one attached hydrogen (secondary N) is 2. The average Bonchev–Trinajstić information content (AvgIpc) is 3.31. The molecule has 0 radical (unpaired) electrons. The molecule has 0 unspecified atom stereocenters. The number of H-pyrrole nitrogens is 2. The summed E-state index contributed by atoms with van der Waals surface area (Å²) < 4.78 is 0. The summed E-state index contributed by atoms with van der Waals surface area (Å²) in [5.41, 5.74) is 13.7. The van der Waals surface area contributed by atoms with Crippen LogP contribution in [0.25, 0.3) is 33.4 Å². The first-order chi connectivity index (χ1) is 23.0. The minimum atomic E-state index is -0.385. The zero-order chi connectivity index (χ0) is 32.2. The number of nitrogens with zero attached hydrogens (tertiary/aromatic N) is 3. The lowest BCUT2D eigenvalue weighted by Crippen LogP contribution is -2.48. The van der Waals surface area contributed by atoms with Gasteiger partial charge in [0.05, 0.1) is 11.4 Å². The maximum Gasteiger partial charge on any atom is 0.319 e. The number of hydrogen-bond acceptors (Lipinski definition) is 4. The van der Waals surface area contributed by atoms with Crippen LogP contribution < -0.4 is 11.3 Å². The highest BCUT2D eigenvalue weighted by atomic mass is 16.2. The molecule has 1 aliphatic heterocycles. The van der Waals surface area contributed by atoms with E-state index in [1.165, 1.54) is 5.56 Å². The number of piperidine rings is 1. The predicted molar refractivity (Wildman–Crippen MR) is 188 cm³/mol. The van der Waals surface area contributed by atoms with Gasteiger partial charge < -0.3 is 15.7 Å². The summed E-state index contributed by atoms with van der Waals surface area (Å²) in [7, 11) is 0. The molecule has 2 amide bonds. The zero-order valence-electron chi connectivity index (χ0n) is 26.2. The summed E-state index contributed by atoms with van der Waals surface area (Å²) >= 11 is 0. The number of allylic oxidation sites excluding steroid dienone is 5. The molecule has 3 aromatic carbocycles. The number of rotatable bonds is 8. The van der Waals surface area contributed by atoms with E-state index in [2.05, 4.69) is 51.3 Å². The SMILES string of the molecule is NC(=O)N(C1=CC=CC=CC1)C1CCN(Cc2ccc(-c3nc(Cc4c[nH]c5ccccc45)c(=O)[nH]c3-c3ccccc3)cc2)CC1. The Bertz CT molecular complexity index is 2030. The highest BCUT2D eigenvalue weighted by Gasteiger charge is 2.29. The Morgan fingerprint density at radius 2 is 1.68 bits per heavy atom. The molecule has 0 bridgehead atoms. The number of benzene rings is 3. The van der Waals surface area contributed by atoms with Gasteiger partial charge in [-0.1, -0.05) is 97.1 Å². The number of para-hydroxylation sites is 1. The second-order valence-corrected chi connectivity index (χ2v) is 12.2.